The van der Waals surface area contributed by atoms with Crippen LogP contribution in [0, 0.1) is 0 Å². The van der Waals surface area contributed by atoms with Crippen LogP contribution in [0.15, 0.2) is 45.3 Å². The van der Waals surface area contributed by atoms with Crippen molar-refractivity contribution in [3.05, 3.63) is 56.5 Å². The number of anilines is 1. The average Bonchev–Trinajstić information content (AvgIpc) is 3.54. The van der Waals surface area contributed by atoms with Gasteiger partial charge < -0.3 is 14.8 Å². The second kappa shape index (κ2) is 8.83. The first-order chi connectivity index (χ1) is 16.1. The fourth-order valence-electron chi connectivity index (χ4n) is 4.07. The van der Waals surface area contributed by atoms with Crippen LogP contribution in [-0.4, -0.2) is 44.0 Å². The zero-order valence-corrected chi connectivity index (χ0v) is 18.8. The van der Waals surface area contributed by atoms with E-state index in [1.54, 1.807) is 29.6 Å². The van der Waals surface area contributed by atoms with E-state index in [2.05, 4.69) is 10.4 Å². The molecule has 1 aliphatic rings. The van der Waals surface area contributed by atoms with Gasteiger partial charge >= 0.3 is 5.69 Å². The van der Waals surface area contributed by atoms with Crippen molar-refractivity contribution in [1.82, 2.24) is 18.7 Å². The van der Waals surface area contributed by atoms with Gasteiger partial charge in [-0.1, -0.05) is 12.1 Å². The highest BCUT2D eigenvalue weighted by Gasteiger charge is 2.23. The Morgan fingerprint density at radius 1 is 1.30 bits per heavy atom. The van der Waals surface area contributed by atoms with Crippen molar-refractivity contribution in [3.8, 4) is 5.75 Å². The van der Waals surface area contributed by atoms with Crippen LogP contribution in [0.1, 0.15) is 19.8 Å². The van der Waals surface area contributed by atoms with Crippen molar-refractivity contribution in [1.29, 1.82) is 0 Å². The number of carbonyl (C=O) groups is 1. The Morgan fingerprint density at radius 3 is 2.94 bits per heavy atom. The van der Waals surface area contributed by atoms with Gasteiger partial charge in [0, 0.05) is 6.61 Å². The SMILES string of the molecule is CCOc1ccccc1NC(=O)Cn1nc2n(CC3CCCO3)c(=O)c3sccc3n2c1=O. The summed E-state index contributed by atoms with van der Waals surface area (Å²) < 4.78 is 15.7. The fraction of sp³-hybridized carbons (Fsp3) is 0.364. The second-order valence-corrected chi connectivity index (χ2v) is 8.65. The molecular formula is C22H23N5O5S. The Kier molecular flexibility index (Phi) is 5.73. The molecule has 4 aromatic rings. The minimum atomic E-state index is -0.484. The third-order valence-corrected chi connectivity index (χ3v) is 6.44. The number of hydrogen-bond donors (Lipinski definition) is 1. The van der Waals surface area contributed by atoms with Crippen molar-refractivity contribution in [2.75, 3.05) is 18.5 Å². The number of nitrogens with one attached hydrogen (secondary N) is 1. The molecule has 0 bridgehead atoms. The van der Waals surface area contributed by atoms with Gasteiger partial charge in [0.15, 0.2) is 0 Å². The summed E-state index contributed by atoms with van der Waals surface area (Å²) in [6, 6.07) is 8.80. The highest BCUT2D eigenvalue weighted by atomic mass is 32.1. The molecule has 1 atom stereocenters. The summed E-state index contributed by atoms with van der Waals surface area (Å²) in [6.07, 6.45) is 1.66. The molecule has 1 unspecified atom stereocenters. The van der Waals surface area contributed by atoms with Gasteiger partial charge in [0.1, 0.15) is 17.0 Å². The lowest BCUT2D eigenvalue weighted by Gasteiger charge is -2.12. The molecule has 1 fully saturated rings. The highest BCUT2D eigenvalue weighted by molar-refractivity contribution is 7.17. The molecule has 0 radical (unpaired) electrons. The van der Waals surface area contributed by atoms with E-state index in [9.17, 15) is 14.4 Å². The van der Waals surface area contributed by atoms with E-state index in [1.165, 1.54) is 20.3 Å². The standard InChI is InChI=1S/C22H23N5O5S/c1-2-31-17-8-4-3-7-15(17)23-18(28)13-26-22(30)27-16-9-11-33-19(16)20(29)25(21(27)24-26)12-14-6-5-10-32-14/h3-4,7-9,11,14H,2,5-6,10,12-13H2,1H3,(H,23,28). The zero-order valence-electron chi connectivity index (χ0n) is 18.0. The predicted octanol–water partition coefficient (Wildman–Crippen LogP) is 2.09. The fourth-order valence-corrected chi connectivity index (χ4v) is 4.89. The molecule has 0 aliphatic carbocycles. The number of para-hydroxylation sites is 2. The Bertz CT molecular complexity index is 1440. The van der Waals surface area contributed by atoms with Gasteiger partial charge in [0.05, 0.1) is 30.5 Å². The van der Waals surface area contributed by atoms with E-state index in [4.69, 9.17) is 9.47 Å². The third kappa shape index (κ3) is 3.93. The van der Waals surface area contributed by atoms with Crippen molar-refractivity contribution >= 4 is 38.9 Å². The molecule has 0 spiro atoms. The topological polar surface area (TPSA) is 109 Å². The van der Waals surface area contributed by atoms with Gasteiger partial charge in [-0.2, -0.15) is 0 Å². The summed E-state index contributed by atoms with van der Waals surface area (Å²) in [6.45, 7) is 2.97. The first kappa shape index (κ1) is 21.4. The number of benzene rings is 1. The van der Waals surface area contributed by atoms with Crippen molar-refractivity contribution in [3.63, 3.8) is 0 Å². The molecule has 1 amide bonds. The van der Waals surface area contributed by atoms with Crippen LogP contribution in [-0.2, 0) is 22.6 Å². The number of fused-ring (bicyclic) bond motifs is 3. The Labute approximate surface area is 192 Å². The number of nitrogens with zero attached hydrogens (tertiary/aromatic N) is 4. The van der Waals surface area contributed by atoms with Crippen LogP contribution >= 0.6 is 11.3 Å². The van der Waals surface area contributed by atoms with E-state index < -0.39 is 11.6 Å². The molecule has 10 nitrogen and oxygen atoms in total. The van der Waals surface area contributed by atoms with Gasteiger partial charge in [-0.3, -0.25) is 14.2 Å². The molecule has 33 heavy (non-hydrogen) atoms. The maximum absolute atomic E-state index is 13.2. The molecule has 4 heterocycles. The summed E-state index contributed by atoms with van der Waals surface area (Å²) >= 11 is 1.28. The van der Waals surface area contributed by atoms with Gasteiger partial charge in [0.2, 0.25) is 11.7 Å². The maximum Gasteiger partial charge on any atom is 0.352 e. The number of rotatable bonds is 7. The largest absolute Gasteiger partial charge is 0.492 e. The minimum absolute atomic E-state index is 0.109. The molecular weight excluding hydrogens is 446 g/mol. The molecule has 1 N–H and O–H groups in total. The van der Waals surface area contributed by atoms with Crippen LogP contribution in [0.3, 0.4) is 0 Å². The van der Waals surface area contributed by atoms with Crippen LogP contribution in [0.4, 0.5) is 5.69 Å². The summed E-state index contributed by atoms with van der Waals surface area (Å²) in [4.78, 5) is 39.1. The zero-order chi connectivity index (χ0) is 22.9. The highest BCUT2D eigenvalue weighted by Crippen LogP contribution is 2.24. The maximum atomic E-state index is 13.2. The van der Waals surface area contributed by atoms with E-state index in [1.807, 2.05) is 13.0 Å². The Hall–Kier alpha value is -3.44. The van der Waals surface area contributed by atoms with Gasteiger partial charge in [-0.25, -0.2) is 13.9 Å². The van der Waals surface area contributed by atoms with Gasteiger partial charge in [0.25, 0.3) is 5.56 Å². The molecule has 1 aromatic carbocycles. The van der Waals surface area contributed by atoms with E-state index in [-0.39, 0.29) is 24.0 Å². The van der Waals surface area contributed by atoms with Crippen molar-refractivity contribution in [2.24, 2.45) is 0 Å². The van der Waals surface area contributed by atoms with Crippen LogP contribution in [0.25, 0.3) is 16.0 Å². The molecule has 11 heteroatoms. The smallest absolute Gasteiger partial charge is 0.352 e. The summed E-state index contributed by atoms with van der Waals surface area (Å²) in [7, 11) is 0. The van der Waals surface area contributed by atoms with E-state index in [0.29, 0.717) is 41.4 Å². The first-order valence-corrected chi connectivity index (χ1v) is 11.7. The average molecular weight is 470 g/mol. The molecule has 1 saturated heterocycles. The third-order valence-electron chi connectivity index (χ3n) is 5.55. The number of thiophene rings is 1. The Balaban J connectivity index is 1.52. The van der Waals surface area contributed by atoms with E-state index >= 15 is 0 Å². The molecule has 0 saturated carbocycles. The second-order valence-electron chi connectivity index (χ2n) is 7.74. The monoisotopic (exact) mass is 469 g/mol. The van der Waals surface area contributed by atoms with E-state index in [0.717, 1.165) is 17.5 Å². The predicted molar refractivity (Wildman–Crippen MR) is 124 cm³/mol. The molecule has 5 rings (SSSR count). The first-order valence-electron chi connectivity index (χ1n) is 10.8. The Morgan fingerprint density at radius 2 is 2.15 bits per heavy atom. The summed E-state index contributed by atoms with van der Waals surface area (Å²) in [5.41, 5.74) is 0.302. The van der Waals surface area contributed by atoms with Crippen LogP contribution in [0.2, 0.25) is 0 Å². The normalized spacial score (nSPS) is 16.0. The number of carbonyl (C=O) groups excluding carboxylic acids is 1. The molecule has 1 aliphatic heterocycles. The molecule has 172 valence electrons. The number of hydrogen-bond acceptors (Lipinski definition) is 7. The van der Waals surface area contributed by atoms with Crippen molar-refractivity contribution in [2.45, 2.75) is 39.0 Å². The number of amides is 1. The minimum Gasteiger partial charge on any atom is -0.492 e. The quantitative estimate of drug-likeness (QED) is 0.444. The number of aromatic nitrogens is 4. The summed E-state index contributed by atoms with van der Waals surface area (Å²) in [5, 5.41) is 8.91. The number of ether oxygens (including phenoxy) is 2. The lowest BCUT2D eigenvalue weighted by molar-refractivity contribution is -0.117. The van der Waals surface area contributed by atoms with Crippen LogP contribution in [0.5, 0.6) is 5.75 Å². The van der Waals surface area contributed by atoms with Gasteiger partial charge in [-0.15, -0.1) is 16.4 Å². The van der Waals surface area contributed by atoms with Gasteiger partial charge in [-0.05, 0) is 43.3 Å². The summed E-state index contributed by atoms with van der Waals surface area (Å²) in [5.74, 6) is 0.317. The lowest BCUT2D eigenvalue weighted by atomic mass is 10.2. The lowest BCUT2D eigenvalue weighted by Crippen LogP contribution is -2.30. The van der Waals surface area contributed by atoms with Crippen molar-refractivity contribution < 1.29 is 14.3 Å². The molecule has 3 aromatic heterocycles. The van der Waals surface area contributed by atoms with Crippen LogP contribution < -0.4 is 21.3 Å².